The predicted molar refractivity (Wildman–Crippen MR) is 83.3 cm³/mol. The van der Waals surface area contributed by atoms with Crippen LogP contribution in [0, 0.1) is 0 Å². The summed E-state index contributed by atoms with van der Waals surface area (Å²) in [5.41, 5.74) is 3.53. The topological polar surface area (TPSA) is 114 Å². The quantitative estimate of drug-likeness (QED) is 0.502. The van der Waals surface area contributed by atoms with Crippen molar-refractivity contribution in [2.24, 2.45) is 0 Å². The Bertz CT molecular complexity index is 869. The Morgan fingerprint density at radius 3 is 3.00 bits per heavy atom. The summed E-state index contributed by atoms with van der Waals surface area (Å²) in [6, 6.07) is 4.40. The molecule has 0 fully saturated rings. The fourth-order valence-corrected chi connectivity index (χ4v) is 3.35. The van der Waals surface area contributed by atoms with Crippen molar-refractivity contribution in [3.8, 4) is 5.75 Å². The summed E-state index contributed by atoms with van der Waals surface area (Å²) < 4.78 is 0. The van der Waals surface area contributed by atoms with Crippen molar-refractivity contribution in [3.63, 3.8) is 0 Å². The van der Waals surface area contributed by atoms with Gasteiger partial charge in [-0.15, -0.1) is 0 Å². The highest BCUT2D eigenvalue weighted by molar-refractivity contribution is 5.91. The summed E-state index contributed by atoms with van der Waals surface area (Å²) in [7, 11) is 0. The highest BCUT2D eigenvalue weighted by atomic mass is 16.4. The number of aliphatic carboxylic acids is 1. The van der Waals surface area contributed by atoms with Crippen LogP contribution < -0.4 is 5.32 Å². The second kappa shape index (κ2) is 5.13. The number of carboxylic acids is 1. The second-order valence-corrected chi connectivity index (χ2v) is 5.81. The first-order chi connectivity index (χ1) is 11.1. The first-order valence-electron chi connectivity index (χ1n) is 7.42. The van der Waals surface area contributed by atoms with Gasteiger partial charge < -0.3 is 20.2 Å². The van der Waals surface area contributed by atoms with E-state index in [4.69, 9.17) is 0 Å². The fraction of sp³-hybridized carbons (Fsp3) is 0.250. The van der Waals surface area contributed by atoms with Crippen LogP contribution in [0.4, 0.5) is 0 Å². The zero-order valence-corrected chi connectivity index (χ0v) is 12.2. The van der Waals surface area contributed by atoms with Gasteiger partial charge in [0.15, 0.2) is 0 Å². The minimum absolute atomic E-state index is 0.173. The van der Waals surface area contributed by atoms with Crippen LogP contribution in [-0.2, 0) is 17.6 Å². The van der Waals surface area contributed by atoms with Crippen molar-refractivity contribution >= 4 is 16.9 Å². The molecule has 0 spiro atoms. The molecule has 0 aliphatic carbocycles. The van der Waals surface area contributed by atoms with Gasteiger partial charge in [-0.3, -0.25) is 10.1 Å². The lowest BCUT2D eigenvalue weighted by Gasteiger charge is -2.29. The van der Waals surface area contributed by atoms with Crippen LogP contribution in [0.15, 0.2) is 30.7 Å². The third-order valence-corrected chi connectivity index (χ3v) is 4.37. The Kier molecular flexibility index (Phi) is 3.09. The van der Waals surface area contributed by atoms with Gasteiger partial charge in [0, 0.05) is 41.3 Å². The number of aromatic hydroxyl groups is 1. The van der Waals surface area contributed by atoms with Gasteiger partial charge in [0.25, 0.3) is 0 Å². The van der Waals surface area contributed by atoms with Crippen LogP contribution >= 0.6 is 0 Å². The van der Waals surface area contributed by atoms with Gasteiger partial charge in [-0.05, 0) is 17.7 Å². The van der Waals surface area contributed by atoms with E-state index in [1.807, 2.05) is 6.07 Å². The normalized spacial score (nSPS) is 20.5. The molecule has 0 unspecified atom stereocenters. The first-order valence-corrected chi connectivity index (χ1v) is 7.42. The molecule has 5 N–H and O–H groups in total. The number of aromatic amines is 2. The Hall–Kier alpha value is -2.80. The smallest absolute Gasteiger partial charge is 0.321 e. The molecule has 3 heterocycles. The number of fused-ring (bicyclic) bond motifs is 3. The van der Waals surface area contributed by atoms with Crippen molar-refractivity contribution in [1.29, 1.82) is 0 Å². The third-order valence-electron chi connectivity index (χ3n) is 4.37. The molecule has 118 valence electrons. The summed E-state index contributed by atoms with van der Waals surface area (Å²) in [6.45, 7) is 0. The largest absolute Gasteiger partial charge is 0.507 e. The monoisotopic (exact) mass is 312 g/mol. The lowest BCUT2D eigenvalue weighted by molar-refractivity contribution is -0.139. The van der Waals surface area contributed by atoms with Gasteiger partial charge >= 0.3 is 5.97 Å². The molecule has 0 radical (unpaired) electrons. The summed E-state index contributed by atoms with van der Waals surface area (Å²) in [5.74, 6) is -0.721. The van der Waals surface area contributed by atoms with E-state index in [1.165, 1.54) is 0 Å². The van der Waals surface area contributed by atoms with E-state index in [9.17, 15) is 15.0 Å². The maximum atomic E-state index is 11.5. The molecule has 1 aromatic carbocycles. The van der Waals surface area contributed by atoms with Crippen molar-refractivity contribution in [2.75, 3.05) is 0 Å². The number of nitrogens with zero attached hydrogens (tertiary/aromatic N) is 1. The zero-order chi connectivity index (χ0) is 16.0. The molecular formula is C16H16N4O3. The molecule has 0 amide bonds. The maximum absolute atomic E-state index is 11.5. The average molecular weight is 312 g/mol. The lowest BCUT2D eigenvalue weighted by Crippen LogP contribution is -2.45. The Labute approximate surface area is 131 Å². The number of H-pyrrole nitrogens is 2. The molecule has 0 saturated heterocycles. The van der Waals surface area contributed by atoms with E-state index in [2.05, 4.69) is 20.3 Å². The van der Waals surface area contributed by atoms with Gasteiger partial charge in [-0.1, -0.05) is 6.07 Å². The van der Waals surface area contributed by atoms with Gasteiger partial charge in [0.1, 0.15) is 11.8 Å². The molecule has 2 atom stereocenters. The van der Waals surface area contributed by atoms with Crippen LogP contribution in [0.3, 0.4) is 0 Å². The number of aromatic nitrogens is 3. The van der Waals surface area contributed by atoms with Crippen LogP contribution in [0.2, 0.25) is 0 Å². The SMILES string of the molecule is O=C(O)[C@@H]1Cc2c([nH]c3cccc(O)c23)[C@@H](Cc2cnc[nH]2)N1. The molecule has 7 heteroatoms. The number of hydrogen-bond acceptors (Lipinski definition) is 4. The first kappa shape index (κ1) is 13.8. The molecular weight excluding hydrogens is 296 g/mol. The third kappa shape index (κ3) is 2.25. The predicted octanol–water partition coefficient (Wildman–Crippen LogP) is 1.48. The summed E-state index contributed by atoms with van der Waals surface area (Å²) >= 11 is 0. The second-order valence-electron chi connectivity index (χ2n) is 5.81. The van der Waals surface area contributed by atoms with Gasteiger partial charge in [-0.25, -0.2) is 4.98 Å². The molecule has 4 rings (SSSR count). The van der Waals surface area contributed by atoms with Gasteiger partial charge in [0.05, 0.1) is 12.4 Å². The van der Waals surface area contributed by atoms with E-state index in [0.717, 1.165) is 22.5 Å². The molecule has 0 saturated carbocycles. The lowest BCUT2D eigenvalue weighted by atomic mass is 9.91. The van der Waals surface area contributed by atoms with Crippen LogP contribution in [-0.4, -0.2) is 37.2 Å². The van der Waals surface area contributed by atoms with Crippen molar-refractivity contribution in [3.05, 3.63) is 47.7 Å². The van der Waals surface area contributed by atoms with E-state index in [-0.39, 0.29) is 11.8 Å². The standard InChI is InChI=1S/C16H16N4O3/c21-13-3-1-2-10-14(13)9-5-12(16(22)23)19-11(15(9)20-10)4-8-6-17-7-18-8/h1-3,6-7,11-12,19-21H,4-5H2,(H,17,18)(H,22,23)/t11-,12+/m1/s1. The fourth-order valence-electron chi connectivity index (χ4n) is 3.35. The zero-order valence-electron chi connectivity index (χ0n) is 12.2. The highest BCUT2D eigenvalue weighted by Crippen LogP contribution is 2.37. The van der Waals surface area contributed by atoms with E-state index < -0.39 is 12.0 Å². The minimum Gasteiger partial charge on any atom is -0.507 e. The van der Waals surface area contributed by atoms with E-state index in [0.29, 0.717) is 18.2 Å². The number of rotatable bonds is 3. The van der Waals surface area contributed by atoms with Crippen LogP contribution in [0.5, 0.6) is 5.75 Å². The maximum Gasteiger partial charge on any atom is 0.321 e. The summed E-state index contributed by atoms with van der Waals surface area (Å²) in [4.78, 5) is 21.9. The van der Waals surface area contributed by atoms with Crippen LogP contribution in [0.25, 0.3) is 10.9 Å². The molecule has 2 aromatic heterocycles. The van der Waals surface area contributed by atoms with Crippen LogP contribution in [0.1, 0.15) is 23.0 Å². The number of imidazole rings is 1. The minimum atomic E-state index is -0.893. The van der Waals surface area contributed by atoms with Crippen molar-refractivity contribution in [2.45, 2.75) is 24.9 Å². The number of carboxylic acid groups (broad SMARTS) is 1. The molecule has 0 bridgehead atoms. The van der Waals surface area contributed by atoms with Crippen molar-refractivity contribution in [1.82, 2.24) is 20.3 Å². The highest BCUT2D eigenvalue weighted by Gasteiger charge is 2.33. The number of phenols is 1. The van der Waals surface area contributed by atoms with Gasteiger partial charge in [-0.2, -0.15) is 0 Å². The molecule has 3 aromatic rings. The Balaban J connectivity index is 1.84. The Morgan fingerprint density at radius 2 is 2.26 bits per heavy atom. The summed E-state index contributed by atoms with van der Waals surface area (Å²) in [5, 5.41) is 23.5. The van der Waals surface area contributed by atoms with E-state index >= 15 is 0 Å². The number of carbonyl (C=O) groups is 1. The number of nitrogens with one attached hydrogen (secondary N) is 3. The van der Waals surface area contributed by atoms with Crippen molar-refractivity contribution < 1.29 is 15.0 Å². The number of benzene rings is 1. The van der Waals surface area contributed by atoms with Gasteiger partial charge in [0.2, 0.25) is 0 Å². The molecule has 23 heavy (non-hydrogen) atoms. The number of phenolic OH excluding ortho intramolecular Hbond substituents is 1. The Morgan fingerprint density at radius 1 is 1.39 bits per heavy atom. The molecule has 7 nitrogen and oxygen atoms in total. The summed E-state index contributed by atoms with van der Waals surface area (Å²) in [6.07, 6.45) is 4.25. The number of hydrogen-bond donors (Lipinski definition) is 5. The average Bonchev–Trinajstić information content (AvgIpc) is 3.14. The van der Waals surface area contributed by atoms with E-state index in [1.54, 1.807) is 24.7 Å². The molecule has 1 aliphatic heterocycles. The molecule has 1 aliphatic rings.